The normalized spacial score (nSPS) is 17.9. The fraction of sp³-hybridized carbons (Fsp3) is 0.462. The van der Waals surface area contributed by atoms with Crippen molar-refractivity contribution < 1.29 is 13.9 Å². The molecule has 1 saturated heterocycles. The van der Waals surface area contributed by atoms with E-state index in [-0.39, 0.29) is 30.0 Å². The number of nitrogens with zero attached hydrogens (tertiary/aromatic N) is 1. The van der Waals surface area contributed by atoms with Gasteiger partial charge in [-0.15, -0.1) is 12.4 Å². The molecule has 0 bridgehead atoms. The number of Topliss-reactive ketones (excluding diaryl/α,β-unsaturated/α-hetero) is 1. The Morgan fingerprint density at radius 3 is 2.33 bits per heavy atom. The molecule has 0 amide bonds. The zero-order valence-corrected chi connectivity index (χ0v) is 11.1. The number of halogens is 2. The van der Waals surface area contributed by atoms with Gasteiger partial charge in [0.15, 0.2) is 5.78 Å². The van der Waals surface area contributed by atoms with Gasteiger partial charge in [-0.1, -0.05) is 12.1 Å². The Bertz CT molecular complexity index is 390. The van der Waals surface area contributed by atoms with Gasteiger partial charge in [-0.3, -0.25) is 9.69 Å². The third-order valence-corrected chi connectivity index (χ3v) is 2.98. The highest BCUT2D eigenvalue weighted by Crippen LogP contribution is 2.23. The summed E-state index contributed by atoms with van der Waals surface area (Å²) in [6.07, 6.45) is 0. The molecule has 1 unspecified atom stereocenters. The van der Waals surface area contributed by atoms with Gasteiger partial charge in [0, 0.05) is 13.1 Å². The predicted octanol–water partition coefficient (Wildman–Crippen LogP) is 2.21. The second kappa shape index (κ2) is 6.83. The number of ketones is 1. The average Bonchev–Trinajstić information content (AvgIpc) is 2.33. The summed E-state index contributed by atoms with van der Waals surface area (Å²) in [4.78, 5) is 13.8. The second-order valence-electron chi connectivity index (χ2n) is 4.21. The van der Waals surface area contributed by atoms with E-state index in [0.717, 1.165) is 18.7 Å². The monoisotopic (exact) mass is 273 g/mol. The Kier molecular flexibility index (Phi) is 5.72. The highest BCUT2D eigenvalue weighted by atomic mass is 35.5. The molecule has 0 radical (unpaired) electrons. The molecule has 3 nitrogen and oxygen atoms in total. The lowest BCUT2D eigenvalue weighted by Gasteiger charge is -2.33. The summed E-state index contributed by atoms with van der Waals surface area (Å²) in [6, 6.07) is 5.87. The molecular formula is C13H17ClFNO2. The number of carbonyl (C=O) groups is 1. The second-order valence-corrected chi connectivity index (χ2v) is 4.21. The summed E-state index contributed by atoms with van der Waals surface area (Å²) in [6.45, 7) is 4.34. The maximum absolute atomic E-state index is 12.9. The van der Waals surface area contributed by atoms with Crippen LogP contribution >= 0.6 is 12.4 Å². The van der Waals surface area contributed by atoms with Crippen LogP contribution in [0, 0.1) is 5.82 Å². The van der Waals surface area contributed by atoms with Crippen molar-refractivity contribution in [2.45, 2.75) is 13.0 Å². The van der Waals surface area contributed by atoms with Crippen molar-refractivity contribution in [3.05, 3.63) is 35.6 Å². The summed E-state index contributed by atoms with van der Waals surface area (Å²) in [5, 5.41) is 0. The zero-order valence-electron chi connectivity index (χ0n) is 10.3. The van der Waals surface area contributed by atoms with Crippen LogP contribution in [0.1, 0.15) is 18.5 Å². The molecule has 0 aliphatic carbocycles. The molecule has 1 aliphatic rings. The molecule has 0 saturated carbocycles. The van der Waals surface area contributed by atoms with Gasteiger partial charge in [0.2, 0.25) is 0 Å². The molecule has 0 N–H and O–H groups in total. The first-order valence-corrected chi connectivity index (χ1v) is 5.76. The molecule has 1 atom stereocenters. The first-order chi connectivity index (χ1) is 8.18. The van der Waals surface area contributed by atoms with E-state index in [1.807, 2.05) is 0 Å². The maximum atomic E-state index is 12.9. The summed E-state index contributed by atoms with van der Waals surface area (Å²) in [7, 11) is 0. The highest BCUT2D eigenvalue weighted by Gasteiger charge is 2.26. The highest BCUT2D eigenvalue weighted by molar-refractivity contribution is 5.85. The summed E-state index contributed by atoms with van der Waals surface area (Å²) in [5.41, 5.74) is 0.848. The molecule has 1 aromatic rings. The molecule has 100 valence electrons. The number of morpholine rings is 1. The maximum Gasteiger partial charge on any atom is 0.151 e. The fourth-order valence-corrected chi connectivity index (χ4v) is 2.18. The smallest absolute Gasteiger partial charge is 0.151 e. The Morgan fingerprint density at radius 1 is 1.28 bits per heavy atom. The van der Waals surface area contributed by atoms with Crippen LogP contribution in [-0.2, 0) is 9.53 Å². The fourth-order valence-electron chi connectivity index (χ4n) is 2.18. The minimum atomic E-state index is -0.280. The lowest BCUT2D eigenvalue weighted by molar-refractivity contribution is -0.124. The van der Waals surface area contributed by atoms with Gasteiger partial charge in [-0.05, 0) is 24.6 Å². The Balaban J connectivity index is 0.00000162. The van der Waals surface area contributed by atoms with Crippen molar-refractivity contribution in [2.24, 2.45) is 0 Å². The van der Waals surface area contributed by atoms with E-state index in [2.05, 4.69) is 4.90 Å². The topological polar surface area (TPSA) is 29.5 Å². The first-order valence-electron chi connectivity index (χ1n) is 5.76. The van der Waals surface area contributed by atoms with Crippen LogP contribution in [0.15, 0.2) is 24.3 Å². The molecular weight excluding hydrogens is 257 g/mol. The van der Waals surface area contributed by atoms with Gasteiger partial charge in [0.1, 0.15) is 5.82 Å². The largest absolute Gasteiger partial charge is 0.379 e. The Morgan fingerprint density at radius 2 is 1.83 bits per heavy atom. The minimum Gasteiger partial charge on any atom is -0.379 e. The zero-order chi connectivity index (χ0) is 12.3. The van der Waals surface area contributed by atoms with E-state index in [1.54, 1.807) is 19.1 Å². The summed E-state index contributed by atoms with van der Waals surface area (Å²) >= 11 is 0. The van der Waals surface area contributed by atoms with Gasteiger partial charge in [0.25, 0.3) is 0 Å². The predicted molar refractivity (Wildman–Crippen MR) is 69.5 cm³/mol. The van der Waals surface area contributed by atoms with Crippen molar-refractivity contribution in [1.29, 1.82) is 0 Å². The van der Waals surface area contributed by atoms with Crippen LogP contribution in [0.4, 0.5) is 4.39 Å². The van der Waals surface area contributed by atoms with Crippen molar-refractivity contribution in [1.82, 2.24) is 4.90 Å². The van der Waals surface area contributed by atoms with Crippen LogP contribution in [0.2, 0.25) is 0 Å². The third kappa shape index (κ3) is 3.51. The molecule has 2 rings (SSSR count). The first kappa shape index (κ1) is 15.1. The number of rotatable bonds is 3. The molecule has 0 aromatic heterocycles. The van der Waals surface area contributed by atoms with E-state index in [4.69, 9.17) is 4.74 Å². The summed E-state index contributed by atoms with van der Waals surface area (Å²) in [5.74, 6) is -0.198. The van der Waals surface area contributed by atoms with Gasteiger partial charge in [-0.2, -0.15) is 0 Å². The number of hydrogen-bond donors (Lipinski definition) is 0. The van der Waals surface area contributed by atoms with E-state index >= 15 is 0 Å². The van der Waals surface area contributed by atoms with Crippen LogP contribution in [-0.4, -0.2) is 37.0 Å². The number of ether oxygens (including phenoxy) is 1. The van der Waals surface area contributed by atoms with Gasteiger partial charge >= 0.3 is 0 Å². The van der Waals surface area contributed by atoms with Gasteiger partial charge in [-0.25, -0.2) is 4.39 Å². The van der Waals surface area contributed by atoms with Crippen molar-refractivity contribution >= 4 is 18.2 Å². The molecule has 1 aliphatic heterocycles. The SMILES string of the molecule is CC(=O)C(c1ccc(F)cc1)N1CCOCC1.Cl. The van der Waals surface area contributed by atoms with Gasteiger partial charge < -0.3 is 4.74 Å². The van der Waals surface area contributed by atoms with Crippen LogP contribution in [0.5, 0.6) is 0 Å². The lowest BCUT2D eigenvalue weighted by Crippen LogP contribution is -2.41. The lowest BCUT2D eigenvalue weighted by atomic mass is 10.0. The van der Waals surface area contributed by atoms with Crippen molar-refractivity contribution in [2.75, 3.05) is 26.3 Å². The molecule has 1 fully saturated rings. The molecule has 18 heavy (non-hydrogen) atoms. The van der Waals surface area contributed by atoms with Crippen molar-refractivity contribution in [3.8, 4) is 0 Å². The number of hydrogen-bond acceptors (Lipinski definition) is 3. The standard InChI is InChI=1S/C13H16FNO2.ClH/c1-10(16)13(15-6-8-17-9-7-15)11-2-4-12(14)5-3-11;/h2-5,13H,6-9H2,1H3;1H. The number of benzene rings is 1. The van der Waals surface area contributed by atoms with E-state index in [9.17, 15) is 9.18 Å². The van der Waals surface area contributed by atoms with Crippen LogP contribution in [0.3, 0.4) is 0 Å². The van der Waals surface area contributed by atoms with E-state index in [1.165, 1.54) is 12.1 Å². The molecule has 5 heteroatoms. The Labute approximate surface area is 112 Å². The Hall–Kier alpha value is -0.970. The summed E-state index contributed by atoms with van der Waals surface area (Å²) < 4.78 is 18.1. The van der Waals surface area contributed by atoms with Crippen molar-refractivity contribution in [3.63, 3.8) is 0 Å². The van der Waals surface area contributed by atoms with Crippen LogP contribution in [0.25, 0.3) is 0 Å². The van der Waals surface area contributed by atoms with E-state index < -0.39 is 0 Å². The third-order valence-electron chi connectivity index (χ3n) is 2.98. The average molecular weight is 274 g/mol. The quantitative estimate of drug-likeness (QED) is 0.846. The van der Waals surface area contributed by atoms with Gasteiger partial charge in [0.05, 0.1) is 19.3 Å². The number of carbonyl (C=O) groups excluding carboxylic acids is 1. The molecule has 0 spiro atoms. The van der Waals surface area contributed by atoms with Crippen LogP contribution < -0.4 is 0 Å². The minimum absolute atomic E-state index is 0. The molecule has 1 heterocycles. The molecule has 1 aromatic carbocycles. The van der Waals surface area contributed by atoms with E-state index in [0.29, 0.717) is 13.2 Å².